The molecule has 2 N–H and O–H groups in total. The van der Waals surface area contributed by atoms with Gasteiger partial charge in [0, 0.05) is 23.7 Å². The SMILES string of the molecule is Clc1ccc(CNc2nc3cc4c(cc3[nH]2)OCCO4)cc1. The molecule has 0 unspecified atom stereocenters. The molecule has 0 amide bonds. The van der Waals surface area contributed by atoms with Gasteiger partial charge in [0.25, 0.3) is 0 Å². The Bertz CT molecular complexity index is 771. The molecule has 0 saturated heterocycles. The van der Waals surface area contributed by atoms with Crippen LogP contribution in [0.2, 0.25) is 5.02 Å². The molecule has 0 spiro atoms. The van der Waals surface area contributed by atoms with E-state index in [1.165, 1.54) is 0 Å². The summed E-state index contributed by atoms with van der Waals surface area (Å²) in [4.78, 5) is 7.77. The van der Waals surface area contributed by atoms with Gasteiger partial charge < -0.3 is 19.8 Å². The van der Waals surface area contributed by atoms with E-state index in [4.69, 9.17) is 21.1 Å². The topological polar surface area (TPSA) is 59.2 Å². The first-order valence-corrected chi connectivity index (χ1v) is 7.43. The number of hydrogen-bond acceptors (Lipinski definition) is 4. The van der Waals surface area contributed by atoms with Gasteiger partial charge in [-0.25, -0.2) is 4.98 Å². The molecule has 2 heterocycles. The van der Waals surface area contributed by atoms with E-state index in [0.29, 0.717) is 25.7 Å². The second-order valence-corrected chi connectivity index (χ2v) is 5.51. The Labute approximate surface area is 132 Å². The van der Waals surface area contributed by atoms with Gasteiger partial charge in [-0.15, -0.1) is 0 Å². The summed E-state index contributed by atoms with van der Waals surface area (Å²) in [7, 11) is 0. The fourth-order valence-corrected chi connectivity index (χ4v) is 2.54. The zero-order valence-electron chi connectivity index (χ0n) is 11.7. The van der Waals surface area contributed by atoms with Crippen molar-refractivity contribution in [1.82, 2.24) is 9.97 Å². The Morgan fingerprint density at radius 1 is 1.09 bits per heavy atom. The van der Waals surface area contributed by atoms with E-state index in [1.54, 1.807) is 0 Å². The molecule has 5 nitrogen and oxygen atoms in total. The largest absolute Gasteiger partial charge is 0.486 e. The van der Waals surface area contributed by atoms with E-state index in [-0.39, 0.29) is 0 Å². The molecule has 0 bridgehead atoms. The lowest BCUT2D eigenvalue weighted by Gasteiger charge is -2.17. The molecule has 0 aliphatic carbocycles. The molecule has 1 aliphatic heterocycles. The van der Waals surface area contributed by atoms with E-state index < -0.39 is 0 Å². The molecular weight excluding hydrogens is 302 g/mol. The molecule has 0 atom stereocenters. The number of benzene rings is 2. The number of fused-ring (bicyclic) bond motifs is 2. The van der Waals surface area contributed by atoms with Crippen LogP contribution in [-0.4, -0.2) is 23.2 Å². The van der Waals surface area contributed by atoms with Gasteiger partial charge in [-0.1, -0.05) is 23.7 Å². The number of anilines is 1. The number of halogens is 1. The lowest BCUT2D eigenvalue weighted by atomic mass is 10.2. The van der Waals surface area contributed by atoms with Crippen molar-refractivity contribution in [3.05, 3.63) is 47.0 Å². The molecular formula is C16H14ClN3O2. The number of nitrogens with one attached hydrogen (secondary N) is 2. The maximum absolute atomic E-state index is 5.88. The quantitative estimate of drug-likeness (QED) is 0.775. The van der Waals surface area contributed by atoms with Crippen molar-refractivity contribution in [3.63, 3.8) is 0 Å². The summed E-state index contributed by atoms with van der Waals surface area (Å²) in [5, 5.41) is 4.00. The van der Waals surface area contributed by atoms with Crippen LogP contribution in [0.3, 0.4) is 0 Å². The average Bonchev–Trinajstić information content (AvgIpc) is 2.93. The predicted octanol–water partition coefficient (Wildman–Crippen LogP) is 3.60. The second-order valence-electron chi connectivity index (χ2n) is 5.08. The minimum Gasteiger partial charge on any atom is -0.486 e. The number of ether oxygens (including phenoxy) is 2. The summed E-state index contributed by atoms with van der Waals surface area (Å²) in [6.07, 6.45) is 0. The van der Waals surface area contributed by atoms with Gasteiger partial charge in [0.2, 0.25) is 5.95 Å². The van der Waals surface area contributed by atoms with E-state index in [1.807, 2.05) is 36.4 Å². The Kier molecular flexibility index (Phi) is 3.27. The highest BCUT2D eigenvalue weighted by Crippen LogP contribution is 2.34. The lowest BCUT2D eigenvalue weighted by Crippen LogP contribution is -2.15. The number of aromatic nitrogens is 2. The van der Waals surface area contributed by atoms with Crippen molar-refractivity contribution >= 4 is 28.6 Å². The summed E-state index contributed by atoms with van der Waals surface area (Å²) in [6.45, 7) is 1.82. The Morgan fingerprint density at radius 3 is 2.59 bits per heavy atom. The molecule has 6 heteroatoms. The summed E-state index contributed by atoms with van der Waals surface area (Å²) >= 11 is 5.88. The van der Waals surface area contributed by atoms with E-state index in [2.05, 4.69) is 15.3 Å². The summed E-state index contributed by atoms with van der Waals surface area (Å²) in [6, 6.07) is 11.5. The van der Waals surface area contributed by atoms with E-state index >= 15 is 0 Å². The van der Waals surface area contributed by atoms with Crippen LogP contribution in [0.15, 0.2) is 36.4 Å². The molecule has 0 saturated carbocycles. The zero-order valence-corrected chi connectivity index (χ0v) is 12.5. The maximum Gasteiger partial charge on any atom is 0.201 e. The van der Waals surface area contributed by atoms with E-state index in [9.17, 15) is 0 Å². The van der Waals surface area contributed by atoms with E-state index in [0.717, 1.165) is 33.1 Å². The third-order valence-electron chi connectivity index (χ3n) is 3.52. The molecule has 0 fully saturated rings. The van der Waals surface area contributed by atoms with Crippen molar-refractivity contribution in [3.8, 4) is 11.5 Å². The van der Waals surface area contributed by atoms with Crippen LogP contribution in [-0.2, 0) is 6.54 Å². The first-order chi connectivity index (χ1) is 10.8. The van der Waals surface area contributed by atoms with Gasteiger partial charge in [-0.3, -0.25) is 0 Å². The van der Waals surface area contributed by atoms with Gasteiger partial charge in [0.15, 0.2) is 11.5 Å². The first kappa shape index (κ1) is 13.3. The van der Waals surface area contributed by atoms with Crippen LogP contribution < -0.4 is 14.8 Å². The fourth-order valence-electron chi connectivity index (χ4n) is 2.42. The lowest BCUT2D eigenvalue weighted by molar-refractivity contribution is 0.172. The minimum atomic E-state index is 0.574. The Hall–Kier alpha value is -2.40. The highest BCUT2D eigenvalue weighted by Gasteiger charge is 2.14. The van der Waals surface area contributed by atoms with Crippen molar-refractivity contribution in [2.45, 2.75) is 6.54 Å². The van der Waals surface area contributed by atoms with Crippen LogP contribution in [0.25, 0.3) is 11.0 Å². The normalized spacial score (nSPS) is 13.3. The van der Waals surface area contributed by atoms with Crippen LogP contribution >= 0.6 is 11.6 Å². The average molecular weight is 316 g/mol. The highest BCUT2D eigenvalue weighted by molar-refractivity contribution is 6.30. The van der Waals surface area contributed by atoms with Crippen molar-refractivity contribution in [1.29, 1.82) is 0 Å². The highest BCUT2D eigenvalue weighted by atomic mass is 35.5. The van der Waals surface area contributed by atoms with Gasteiger partial charge in [0.1, 0.15) is 13.2 Å². The van der Waals surface area contributed by atoms with Crippen LogP contribution in [0, 0.1) is 0 Å². The van der Waals surface area contributed by atoms with Gasteiger partial charge >= 0.3 is 0 Å². The Morgan fingerprint density at radius 2 is 1.82 bits per heavy atom. The molecule has 1 aliphatic rings. The molecule has 4 rings (SSSR count). The second kappa shape index (κ2) is 5.42. The van der Waals surface area contributed by atoms with Crippen LogP contribution in [0.5, 0.6) is 11.5 Å². The van der Waals surface area contributed by atoms with Gasteiger partial charge in [-0.05, 0) is 17.7 Å². The number of rotatable bonds is 3. The summed E-state index contributed by atoms with van der Waals surface area (Å²) < 4.78 is 11.1. The van der Waals surface area contributed by atoms with Crippen molar-refractivity contribution < 1.29 is 9.47 Å². The first-order valence-electron chi connectivity index (χ1n) is 7.05. The molecule has 2 aromatic carbocycles. The smallest absolute Gasteiger partial charge is 0.201 e. The third-order valence-corrected chi connectivity index (χ3v) is 3.77. The predicted molar refractivity (Wildman–Crippen MR) is 85.9 cm³/mol. The summed E-state index contributed by atoms with van der Waals surface area (Å²) in [5.74, 6) is 2.22. The molecule has 1 aromatic heterocycles. The number of hydrogen-bond donors (Lipinski definition) is 2. The minimum absolute atomic E-state index is 0.574. The van der Waals surface area contributed by atoms with Gasteiger partial charge in [-0.2, -0.15) is 0 Å². The monoisotopic (exact) mass is 315 g/mol. The fraction of sp³-hybridized carbons (Fsp3) is 0.188. The zero-order chi connectivity index (χ0) is 14.9. The molecule has 112 valence electrons. The number of H-pyrrole nitrogens is 1. The summed E-state index contributed by atoms with van der Waals surface area (Å²) in [5.41, 5.74) is 2.90. The standard InChI is InChI=1S/C16H14ClN3O2/c17-11-3-1-10(2-4-11)9-18-16-19-12-7-14-15(8-13(12)20-16)22-6-5-21-14/h1-4,7-8H,5-6,9H2,(H2,18,19,20). The molecule has 3 aromatic rings. The van der Waals surface area contributed by atoms with Crippen LogP contribution in [0.1, 0.15) is 5.56 Å². The third kappa shape index (κ3) is 2.55. The van der Waals surface area contributed by atoms with Gasteiger partial charge in [0.05, 0.1) is 11.0 Å². The van der Waals surface area contributed by atoms with Crippen molar-refractivity contribution in [2.75, 3.05) is 18.5 Å². The molecule has 22 heavy (non-hydrogen) atoms. The van der Waals surface area contributed by atoms with Crippen LogP contribution in [0.4, 0.5) is 5.95 Å². The number of aromatic amines is 1. The number of imidazole rings is 1. The Balaban J connectivity index is 1.56. The number of nitrogens with zero attached hydrogens (tertiary/aromatic N) is 1. The van der Waals surface area contributed by atoms with Crippen molar-refractivity contribution in [2.24, 2.45) is 0 Å². The maximum atomic E-state index is 5.88. The molecule has 0 radical (unpaired) electrons.